The van der Waals surface area contributed by atoms with Gasteiger partial charge in [-0.15, -0.1) is 0 Å². The number of rotatable bonds is 5. The Morgan fingerprint density at radius 2 is 1.79 bits per heavy atom. The summed E-state index contributed by atoms with van der Waals surface area (Å²) in [7, 11) is 1.52. The van der Waals surface area contributed by atoms with Crippen molar-refractivity contribution in [1.29, 1.82) is 0 Å². The molecule has 5 atom stereocenters. The molecule has 0 radical (unpaired) electrons. The van der Waals surface area contributed by atoms with Gasteiger partial charge in [0.2, 0.25) is 17.7 Å². The van der Waals surface area contributed by atoms with Crippen LogP contribution in [0.1, 0.15) is 49.8 Å². The normalized spacial score (nSPS) is 25.0. The Morgan fingerprint density at radius 3 is 2.48 bits per heavy atom. The van der Waals surface area contributed by atoms with Crippen LogP contribution in [-0.2, 0) is 33.6 Å². The molecule has 2 aliphatic heterocycles. The number of hydrogen-bond acceptors (Lipinski definition) is 6. The Hall–Kier alpha value is -3.14. The van der Waals surface area contributed by atoms with Crippen LogP contribution in [0.3, 0.4) is 0 Å². The summed E-state index contributed by atoms with van der Waals surface area (Å²) in [5.74, 6) is -0.350. The Bertz CT molecular complexity index is 1240. The smallest absolute Gasteiger partial charge is 0.245 e. The van der Waals surface area contributed by atoms with E-state index in [1.165, 1.54) is 17.5 Å². The predicted octanol–water partition coefficient (Wildman–Crippen LogP) is 2.65. The molecule has 0 spiro atoms. The molecule has 0 aliphatic carbocycles. The maximum absolute atomic E-state index is 13.8. The number of carbonyl (C=O) groups is 3. The van der Waals surface area contributed by atoms with Gasteiger partial charge in [0.15, 0.2) is 0 Å². The average molecular weight is 599 g/mol. The van der Waals surface area contributed by atoms with Crippen LogP contribution in [0, 0.1) is 5.92 Å². The molecule has 0 saturated carbocycles. The van der Waals surface area contributed by atoms with Crippen molar-refractivity contribution in [3.63, 3.8) is 0 Å². The molecule has 42 heavy (non-hydrogen) atoms. The number of halogens is 1. The van der Waals surface area contributed by atoms with Crippen LogP contribution in [0.2, 0.25) is 5.02 Å². The number of aliphatic hydroxyl groups is 1. The Kier molecular flexibility index (Phi) is 11.2. The van der Waals surface area contributed by atoms with E-state index < -0.39 is 30.6 Å². The first-order valence-corrected chi connectivity index (χ1v) is 15.3. The molecule has 3 unspecified atom stereocenters. The van der Waals surface area contributed by atoms with Crippen molar-refractivity contribution in [1.82, 2.24) is 20.9 Å². The van der Waals surface area contributed by atoms with E-state index in [-0.39, 0.29) is 30.3 Å². The molecule has 228 valence electrons. The first-order chi connectivity index (χ1) is 20.2. The van der Waals surface area contributed by atoms with Crippen molar-refractivity contribution in [3.8, 4) is 5.75 Å². The lowest BCUT2D eigenvalue weighted by atomic mass is 9.95. The predicted molar refractivity (Wildman–Crippen MR) is 162 cm³/mol. The van der Waals surface area contributed by atoms with E-state index in [1.54, 1.807) is 24.3 Å². The second-order valence-corrected chi connectivity index (χ2v) is 11.8. The monoisotopic (exact) mass is 598 g/mol. The van der Waals surface area contributed by atoms with Crippen molar-refractivity contribution in [2.45, 2.75) is 76.6 Å². The number of amides is 3. The highest BCUT2D eigenvalue weighted by atomic mass is 35.5. The van der Waals surface area contributed by atoms with Gasteiger partial charge in [0.05, 0.1) is 12.6 Å². The highest BCUT2D eigenvalue weighted by Gasteiger charge is 2.35. The number of ether oxygens (including phenoxy) is 1. The van der Waals surface area contributed by atoms with Gasteiger partial charge >= 0.3 is 0 Å². The van der Waals surface area contributed by atoms with E-state index in [0.29, 0.717) is 24.5 Å². The molecular formula is C32H43ClN4O5. The zero-order valence-corrected chi connectivity index (χ0v) is 25.5. The molecule has 4 N–H and O–H groups in total. The summed E-state index contributed by atoms with van der Waals surface area (Å²) >= 11 is 6.04. The molecule has 3 amide bonds. The fraction of sp³-hybridized carbons (Fsp3) is 0.531. The quantitative estimate of drug-likeness (QED) is 0.420. The average Bonchev–Trinajstić information content (AvgIpc) is 2.99. The molecule has 0 saturated heterocycles. The number of aryl methyl sites for hydroxylation is 2. The zero-order valence-electron chi connectivity index (χ0n) is 24.7. The van der Waals surface area contributed by atoms with Gasteiger partial charge in [-0.1, -0.05) is 62.2 Å². The van der Waals surface area contributed by atoms with Gasteiger partial charge in [-0.25, -0.2) is 0 Å². The molecule has 0 fully saturated rings. The van der Waals surface area contributed by atoms with Gasteiger partial charge in [-0.2, -0.15) is 0 Å². The topological polar surface area (TPSA) is 120 Å². The molecule has 2 aromatic carbocycles. The van der Waals surface area contributed by atoms with Gasteiger partial charge in [-0.3, -0.25) is 14.4 Å². The number of nitrogens with one attached hydrogen (secondary N) is 3. The number of fused-ring (bicyclic) bond motifs is 1. The SMILES string of the molecule is CCC(C)[C@@H]1NCC2CCc3cccc(c3O2)CCCNC(=O)[C@@H](Cc2ccc(Cl)cc2)NC(=O)C(CO)N(C)C1=O. The summed E-state index contributed by atoms with van der Waals surface area (Å²) < 4.78 is 6.47. The van der Waals surface area contributed by atoms with Crippen molar-refractivity contribution < 1.29 is 24.2 Å². The van der Waals surface area contributed by atoms with Crippen LogP contribution in [-0.4, -0.2) is 78.7 Å². The lowest BCUT2D eigenvalue weighted by molar-refractivity contribution is -0.143. The molecule has 2 bridgehead atoms. The first-order valence-electron chi connectivity index (χ1n) is 14.9. The van der Waals surface area contributed by atoms with Crippen LogP contribution < -0.4 is 20.7 Å². The number of carbonyl (C=O) groups excluding carboxylic acids is 3. The summed E-state index contributed by atoms with van der Waals surface area (Å²) in [5, 5.41) is 20.0. The van der Waals surface area contributed by atoms with Gasteiger partial charge in [0.25, 0.3) is 0 Å². The van der Waals surface area contributed by atoms with E-state index >= 15 is 0 Å². The van der Waals surface area contributed by atoms with Crippen LogP contribution in [0.25, 0.3) is 0 Å². The first kappa shape index (κ1) is 31.8. The summed E-state index contributed by atoms with van der Waals surface area (Å²) in [4.78, 5) is 41.9. The largest absolute Gasteiger partial charge is 0.489 e. The van der Waals surface area contributed by atoms with Gasteiger partial charge in [0.1, 0.15) is 23.9 Å². The molecular weight excluding hydrogens is 556 g/mol. The number of likely N-dealkylation sites (N-methyl/N-ethyl adjacent to an activating group) is 1. The van der Waals surface area contributed by atoms with E-state index in [1.807, 2.05) is 19.9 Å². The Balaban J connectivity index is 1.63. The van der Waals surface area contributed by atoms with Crippen molar-refractivity contribution in [2.24, 2.45) is 5.92 Å². The Labute approximate surface area is 253 Å². The molecule has 2 aliphatic rings. The van der Waals surface area contributed by atoms with Crippen LogP contribution in [0.4, 0.5) is 0 Å². The minimum absolute atomic E-state index is 0.0252. The summed E-state index contributed by atoms with van der Waals surface area (Å²) in [5.41, 5.74) is 3.09. The number of hydrogen-bond donors (Lipinski definition) is 4. The van der Waals surface area contributed by atoms with Crippen molar-refractivity contribution >= 4 is 29.3 Å². The fourth-order valence-electron chi connectivity index (χ4n) is 5.60. The summed E-state index contributed by atoms with van der Waals surface area (Å²) in [6, 6.07) is 10.6. The van der Waals surface area contributed by atoms with E-state index in [9.17, 15) is 19.5 Å². The fourth-order valence-corrected chi connectivity index (χ4v) is 5.72. The van der Waals surface area contributed by atoms with Crippen LogP contribution >= 0.6 is 11.6 Å². The molecule has 4 rings (SSSR count). The third kappa shape index (κ3) is 7.82. The van der Waals surface area contributed by atoms with Gasteiger partial charge < -0.3 is 30.7 Å². The molecule has 0 aromatic heterocycles. The second kappa shape index (κ2) is 14.8. The summed E-state index contributed by atoms with van der Waals surface area (Å²) in [6.45, 7) is 4.32. The standard InChI is InChI=1S/C32H43ClN4O5/c1-4-20(2)28-32(41)37(3)27(19-38)31(40)36-26(17-21-10-13-24(33)14-11-21)30(39)34-16-6-9-22-7-5-8-23-12-15-25(18-35-28)42-29(22)23/h5,7-8,10-11,13-14,20,25-28,35,38H,4,6,9,12,15-19H2,1-3H3,(H,34,39)(H,36,40)/t20?,25?,26-,27?,28+/m1/s1. The second-order valence-electron chi connectivity index (χ2n) is 11.4. The molecule has 10 heteroatoms. The lowest BCUT2D eigenvalue weighted by Gasteiger charge is -2.34. The zero-order chi connectivity index (χ0) is 30.2. The summed E-state index contributed by atoms with van der Waals surface area (Å²) in [6.07, 6.45) is 4.00. The van der Waals surface area contributed by atoms with Gasteiger partial charge in [-0.05, 0) is 60.4 Å². The minimum atomic E-state index is -1.16. The van der Waals surface area contributed by atoms with Gasteiger partial charge in [0, 0.05) is 31.6 Å². The number of para-hydroxylation sites is 1. The van der Waals surface area contributed by atoms with E-state index in [0.717, 1.165) is 42.6 Å². The minimum Gasteiger partial charge on any atom is -0.489 e. The molecule has 2 heterocycles. The third-order valence-electron chi connectivity index (χ3n) is 8.44. The maximum Gasteiger partial charge on any atom is 0.245 e. The maximum atomic E-state index is 13.8. The van der Waals surface area contributed by atoms with Crippen LogP contribution in [0.5, 0.6) is 5.75 Å². The Morgan fingerprint density at radius 1 is 1.07 bits per heavy atom. The number of aliphatic hydroxyl groups excluding tert-OH is 1. The van der Waals surface area contributed by atoms with E-state index in [4.69, 9.17) is 16.3 Å². The third-order valence-corrected chi connectivity index (χ3v) is 8.69. The van der Waals surface area contributed by atoms with E-state index in [2.05, 4.69) is 28.1 Å². The number of benzene rings is 2. The molecule has 9 nitrogen and oxygen atoms in total. The van der Waals surface area contributed by atoms with Crippen LogP contribution in [0.15, 0.2) is 42.5 Å². The van der Waals surface area contributed by atoms with Crippen molar-refractivity contribution in [3.05, 3.63) is 64.2 Å². The molecule has 2 aromatic rings. The highest BCUT2D eigenvalue weighted by molar-refractivity contribution is 6.30. The number of nitrogens with zero attached hydrogens (tertiary/aromatic N) is 1. The lowest BCUT2D eigenvalue weighted by Crippen LogP contribution is -2.59. The van der Waals surface area contributed by atoms with Crippen molar-refractivity contribution in [2.75, 3.05) is 26.7 Å². The highest BCUT2D eigenvalue weighted by Crippen LogP contribution is 2.32.